The molecule has 6 N–H and O–H groups in total. The van der Waals surface area contributed by atoms with Crippen molar-refractivity contribution in [2.75, 3.05) is 5.43 Å². The Balaban J connectivity index is 2.23. The molecule has 0 aromatic heterocycles. The van der Waals surface area contributed by atoms with Crippen LogP contribution < -0.4 is 5.43 Å². The Labute approximate surface area is 244 Å². The number of carbonyl (C=O) groups is 2. The lowest BCUT2D eigenvalue weighted by Gasteiger charge is -2.10. The van der Waals surface area contributed by atoms with Gasteiger partial charge >= 0.3 is 11.9 Å². The fourth-order valence-corrected chi connectivity index (χ4v) is 5.00. The SMILES string of the molecule is Cc1ccc(N/N=C(\N=Nc2cc(SOOO)cc(SOOO)c2C(=O)O)c2ccccc2S(=O)(=O)O)c(C(=O)O)c1. The largest absolute Gasteiger partial charge is 0.478 e. The lowest BCUT2D eigenvalue weighted by molar-refractivity contribution is -0.432. The summed E-state index contributed by atoms with van der Waals surface area (Å²) in [7, 11) is -4.84. The van der Waals surface area contributed by atoms with Crippen LogP contribution in [-0.4, -0.2) is 51.5 Å². The van der Waals surface area contributed by atoms with Crippen LogP contribution in [0.15, 0.2) is 84.6 Å². The lowest BCUT2D eigenvalue weighted by atomic mass is 10.1. The quantitative estimate of drug-likeness (QED) is 0.0271. The van der Waals surface area contributed by atoms with Gasteiger partial charge in [-0.15, -0.1) is 18.9 Å². The molecule has 3 rings (SSSR count). The molecule has 222 valence electrons. The number of anilines is 1. The summed E-state index contributed by atoms with van der Waals surface area (Å²) in [4.78, 5) is 23.0. The molecule has 0 radical (unpaired) electrons. The van der Waals surface area contributed by atoms with Gasteiger partial charge in [0, 0.05) is 10.5 Å². The zero-order valence-electron chi connectivity index (χ0n) is 20.8. The second kappa shape index (κ2) is 14.8. The standard InChI is InChI=1S/C22H18N4O13S3/c1-11-6-7-15(14(8-11)21(27)28)23-25-20(13-4-2-3-5-18(13)42(33,34)35)26-24-16-9-12(40-38-36-31)10-17(41-39-37-32)19(16)22(29)30/h2-10,23,31-32H,1H3,(H,27,28)(H,29,30)(H,33,34,35)/b25-20-,26-24?. The molecule has 0 spiro atoms. The number of hydrogen-bond donors (Lipinski definition) is 6. The fraction of sp³-hybridized carbons (Fsp3) is 0.0455. The Kier molecular flexibility index (Phi) is 11.5. The zero-order valence-corrected chi connectivity index (χ0v) is 23.2. The van der Waals surface area contributed by atoms with E-state index >= 15 is 0 Å². The average molecular weight is 643 g/mol. The second-order valence-electron chi connectivity index (χ2n) is 7.65. The first-order valence-electron chi connectivity index (χ1n) is 10.8. The maximum Gasteiger partial charge on any atom is 0.339 e. The minimum atomic E-state index is -4.84. The molecule has 3 aromatic rings. The van der Waals surface area contributed by atoms with Gasteiger partial charge in [-0.1, -0.05) is 33.8 Å². The third kappa shape index (κ3) is 8.53. The molecule has 0 amide bonds. The van der Waals surface area contributed by atoms with Gasteiger partial charge in [0.15, 0.2) is 0 Å². The van der Waals surface area contributed by atoms with Crippen LogP contribution in [0.2, 0.25) is 0 Å². The highest BCUT2D eigenvalue weighted by molar-refractivity contribution is 7.95. The van der Waals surface area contributed by atoms with Gasteiger partial charge in [0.05, 0.1) is 40.2 Å². The molecule has 0 atom stereocenters. The molecular weight excluding hydrogens is 624 g/mol. The number of aromatic carboxylic acids is 2. The van der Waals surface area contributed by atoms with Gasteiger partial charge in [-0.3, -0.25) is 9.98 Å². The van der Waals surface area contributed by atoms with Crippen LogP contribution in [0.5, 0.6) is 0 Å². The minimum Gasteiger partial charge on any atom is -0.478 e. The lowest BCUT2D eigenvalue weighted by Crippen LogP contribution is -2.10. The van der Waals surface area contributed by atoms with Crippen LogP contribution in [0, 0.1) is 6.92 Å². The van der Waals surface area contributed by atoms with Crippen molar-refractivity contribution >= 4 is 63.4 Å². The zero-order chi connectivity index (χ0) is 30.9. The number of hydrogen-bond acceptors (Lipinski definition) is 15. The van der Waals surface area contributed by atoms with Crippen molar-refractivity contribution in [2.24, 2.45) is 15.3 Å². The van der Waals surface area contributed by atoms with E-state index in [-0.39, 0.29) is 38.6 Å². The number of hydrazone groups is 1. The number of azo groups is 1. The number of aryl methyl sites for hydroxylation is 1. The molecule has 0 aliphatic carbocycles. The van der Waals surface area contributed by atoms with Crippen molar-refractivity contribution in [1.82, 2.24) is 0 Å². The number of amidine groups is 1. The van der Waals surface area contributed by atoms with Gasteiger partial charge in [-0.2, -0.15) is 13.5 Å². The van der Waals surface area contributed by atoms with Crippen molar-refractivity contribution < 1.29 is 62.0 Å². The summed E-state index contributed by atoms with van der Waals surface area (Å²) in [5.41, 5.74) is 1.64. The third-order valence-corrected chi connectivity index (χ3v) is 7.03. The first-order chi connectivity index (χ1) is 20.0. The Morgan fingerprint density at radius 1 is 0.905 bits per heavy atom. The van der Waals surface area contributed by atoms with E-state index in [0.717, 1.165) is 12.1 Å². The Hall–Kier alpha value is -3.96. The number of rotatable bonds is 13. The maximum atomic E-state index is 12.1. The van der Waals surface area contributed by atoms with Crippen molar-refractivity contribution in [3.8, 4) is 0 Å². The van der Waals surface area contributed by atoms with Gasteiger partial charge in [-0.25, -0.2) is 20.1 Å². The van der Waals surface area contributed by atoms with Gasteiger partial charge in [-0.05, 0) is 43.3 Å². The first-order valence-corrected chi connectivity index (χ1v) is 13.8. The average Bonchev–Trinajstić information content (AvgIpc) is 2.94. The molecule has 0 fully saturated rings. The minimum absolute atomic E-state index is 0.0178. The molecule has 0 aliphatic rings. The fourth-order valence-electron chi connectivity index (χ4n) is 3.25. The van der Waals surface area contributed by atoms with E-state index in [0.29, 0.717) is 17.6 Å². The topological polar surface area (TPSA) is 255 Å². The summed E-state index contributed by atoms with van der Waals surface area (Å²) in [5.74, 6) is -3.38. The Morgan fingerprint density at radius 2 is 1.60 bits per heavy atom. The summed E-state index contributed by atoms with van der Waals surface area (Å²) < 4.78 is 42.6. The molecule has 42 heavy (non-hydrogen) atoms. The van der Waals surface area contributed by atoms with Crippen molar-refractivity contribution in [1.29, 1.82) is 0 Å². The summed E-state index contributed by atoms with van der Waals surface area (Å²) in [6.07, 6.45) is 0. The monoisotopic (exact) mass is 642 g/mol. The van der Waals surface area contributed by atoms with Crippen LogP contribution in [0.1, 0.15) is 31.8 Å². The highest BCUT2D eigenvalue weighted by Crippen LogP contribution is 2.37. The van der Waals surface area contributed by atoms with E-state index in [9.17, 15) is 32.8 Å². The van der Waals surface area contributed by atoms with E-state index in [1.54, 1.807) is 13.0 Å². The molecule has 0 unspecified atom stereocenters. The highest BCUT2D eigenvalue weighted by Gasteiger charge is 2.22. The van der Waals surface area contributed by atoms with Crippen molar-refractivity contribution in [3.63, 3.8) is 0 Å². The van der Waals surface area contributed by atoms with Gasteiger partial charge in [0.25, 0.3) is 10.1 Å². The summed E-state index contributed by atoms with van der Waals surface area (Å²) in [6.45, 7) is 1.66. The van der Waals surface area contributed by atoms with E-state index in [2.05, 4.69) is 39.5 Å². The summed E-state index contributed by atoms with van der Waals surface area (Å²) in [6, 6.07) is 11.5. The smallest absolute Gasteiger partial charge is 0.339 e. The Morgan fingerprint density at radius 3 is 2.24 bits per heavy atom. The number of carboxylic acids is 2. The van der Waals surface area contributed by atoms with Crippen LogP contribution in [0.25, 0.3) is 0 Å². The van der Waals surface area contributed by atoms with Crippen LogP contribution in [-0.2, 0) is 28.9 Å². The summed E-state index contributed by atoms with van der Waals surface area (Å²) >= 11 is 0.652. The Bertz CT molecular complexity index is 1650. The van der Waals surface area contributed by atoms with E-state index in [4.69, 9.17) is 10.5 Å². The van der Waals surface area contributed by atoms with E-state index in [1.807, 2.05) is 0 Å². The normalized spacial score (nSPS) is 12.0. The third-order valence-electron chi connectivity index (χ3n) is 4.93. The predicted octanol–water partition coefficient (Wildman–Crippen LogP) is 5.05. The molecule has 3 aromatic carbocycles. The predicted molar refractivity (Wildman–Crippen MR) is 144 cm³/mol. The number of nitrogens with one attached hydrogen (secondary N) is 1. The molecular formula is C22H18N4O13S3. The molecule has 0 saturated heterocycles. The number of carboxylic acid groups (broad SMARTS) is 2. The molecule has 0 aliphatic heterocycles. The first kappa shape index (κ1) is 32.6. The molecule has 0 bridgehead atoms. The van der Waals surface area contributed by atoms with Crippen molar-refractivity contribution in [3.05, 3.63) is 76.9 Å². The van der Waals surface area contributed by atoms with Crippen molar-refractivity contribution in [2.45, 2.75) is 21.6 Å². The molecule has 0 heterocycles. The van der Waals surface area contributed by atoms with E-state index in [1.165, 1.54) is 36.4 Å². The van der Waals surface area contributed by atoms with Crippen LogP contribution in [0.3, 0.4) is 0 Å². The van der Waals surface area contributed by atoms with Gasteiger partial charge < -0.3 is 10.2 Å². The maximum absolute atomic E-state index is 12.1. The van der Waals surface area contributed by atoms with Gasteiger partial charge in [0.2, 0.25) is 5.84 Å². The van der Waals surface area contributed by atoms with Crippen LogP contribution in [0.4, 0.5) is 11.4 Å². The molecule has 0 saturated carbocycles. The number of nitrogens with zero attached hydrogens (tertiary/aromatic N) is 3. The molecule has 20 heteroatoms. The summed E-state index contributed by atoms with van der Waals surface area (Å²) in [5, 5.41) is 55.2. The number of benzene rings is 3. The highest BCUT2D eigenvalue weighted by atomic mass is 32.2. The van der Waals surface area contributed by atoms with E-state index < -0.39 is 44.0 Å². The van der Waals surface area contributed by atoms with Gasteiger partial charge in [0.1, 0.15) is 16.1 Å². The molecule has 17 nitrogen and oxygen atoms in total. The van der Waals surface area contributed by atoms with Crippen LogP contribution >= 0.6 is 24.1 Å². The second-order valence-corrected chi connectivity index (χ2v) is 10.6.